The van der Waals surface area contributed by atoms with E-state index in [4.69, 9.17) is 18.9 Å². The zero-order chi connectivity index (χ0) is 22.1. The fraction of sp³-hybridized carbons (Fsp3) is 0.391. The van der Waals surface area contributed by atoms with Crippen molar-refractivity contribution in [3.8, 4) is 17.2 Å². The molecule has 2 aromatic carbocycles. The lowest BCUT2D eigenvalue weighted by Gasteiger charge is -2.34. The molecular weight excluding hydrogens is 400 g/mol. The van der Waals surface area contributed by atoms with E-state index < -0.39 is 0 Å². The Morgan fingerprint density at radius 2 is 1.42 bits per heavy atom. The first-order valence-electron chi connectivity index (χ1n) is 10.2. The normalized spacial score (nSPS) is 13.6. The predicted octanol–water partition coefficient (Wildman–Crippen LogP) is 2.08. The highest BCUT2D eigenvalue weighted by Crippen LogP contribution is 2.23. The Bertz CT molecular complexity index is 843. The Kier molecular flexibility index (Phi) is 8.12. The number of amides is 2. The van der Waals surface area contributed by atoms with Gasteiger partial charge >= 0.3 is 0 Å². The Balaban J connectivity index is 1.40. The van der Waals surface area contributed by atoms with Crippen LogP contribution in [0.25, 0.3) is 0 Å². The van der Waals surface area contributed by atoms with Gasteiger partial charge in [-0.25, -0.2) is 0 Å². The van der Waals surface area contributed by atoms with E-state index in [1.54, 1.807) is 42.2 Å². The summed E-state index contributed by atoms with van der Waals surface area (Å²) in [6.45, 7) is 2.56. The number of carbonyl (C=O) groups is 2. The number of carbonyl (C=O) groups excluding carboxylic acids is 2. The van der Waals surface area contributed by atoms with E-state index in [2.05, 4.69) is 0 Å². The van der Waals surface area contributed by atoms with Crippen molar-refractivity contribution in [2.75, 3.05) is 60.2 Å². The molecule has 0 spiro atoms. The quantitative estimate of drug-likeness (QED) is 0.569. The molecule has 0 unspecified atom stereocenters. The molecule has 8 nitrogen and oxygen atoms in total. The second-order valence-corrected chi connectivity index (χ2v) is 6.99. The van der Waals surface area contributed by atoms with Crippen LogP contribution in [0.4, 0.5) is 0 Å². The highest BCUT2D eigenvalue weighted by molar-refractivity contribution is 5.95. The van der Waals surface area contributed by atoms with Gasteiger partial charge in [0.05, 0.1) is 20.8 Å². The standard InChI is InChI=1S/C23H28N2O6/c1-28-20-14-18(15-21(16-20)29-2)23(27)25-10-8-24(9-11-25)22(26)17-30-12-13-31-19-6-4-3-5-7-19/h3-7,14-16H,8-13,17H2,1-2H3. The van der Waals surface area contributed by atoms with Crippen LogP contribution in [0.15, 0.2) is 48.5 Å². The molecule has 0 saturated carbocycles. The maximum Gasteiger partial charge on any atom is 0.254 e. The minimum atomic E-state index is -0.112. The fourth-order valence-electron chi connectivity index (χ4n) is 3.26. The van der Waals surface area contributed by atoms with Crippen molar-refractivity contribution in [1.82, 2.24) is 9.80 Å². The number of ether oxygens (including phenoxy) is 4. The Hall–Kier alpha value is -3.26. The molecular formula is C23H28N2O6. The molecule has 8 heteroatoms. The Labute approximate surface area is 182 Å². The molecule has 0 N–H and O–H groups in total. The number of benzene rings is 2. The first-order valence-corrected chi connectivity index (χ1v) is 10.2. The summed E-state index contributed by atoms with van der Waals surface area (Å²) in [5, 5.41) is 0. The highest BCUT2D eigenvalue weighted by Gasteiger charge is 2.25. The monoisotopic (exact) mass is 428 g/mol. The van der Waals surface area contributed by atoms with E-state index in [1.807, 2.05) is 30.3 Å². The van der Waals surface area contributed by atoms with Crippen molar-refractivity contribution in [3.63, 3.8) is 0 Å². The van der Waals surface area contributed by atoms with Gasteiger partial charge in [0, 0.05) is 37.8 Å². The largest absolute Gasteiger partial charge is 0.497 e. The summed E-state index contributed by atoms with van der Waals surface area (Å²) in [4.78, 5) is 28.7. The average Bonchev–Trinajstić information content (AvgIpc) is 2.83. The van der Waals surface area contributed by atoms with Gasteiger partial charge < -0.3 is 28.7 Å². The molecule has 1 heterocycles. The molecule has 1 aliphatic heterocycles. The maximum atomic E-state index is 12.8. The number of nitrogens with zero attached hydrogens (tertiary/aromatic N) is 2. The number of rotatable bonds is 9. The van der Waals surface area contributed by atoms with Crippen LogP contribution in [0.1, 0.15) is 10.4 Å². The highest BCUT2D eigenvalue weighted by atomic mass is 16.5. The van der Waals surface area contributed by atoms with Gasteiger partial charge in [0.2, 0.25) is 5.91 Å². The van der Waals surface area contributed by atoms with Crippen LogP contribution in [0.2, 0.25) is 0 Å². The molecule has 0 aliphatic carbocycles. The van der Waals surface area contributed by atoms with E-state index in [-0.39, 0.29) is 18.4 Å². The third-order valence-corrected chi connectivity index (χ3v) is 4.98. The van der Waals surface area contributed by atoms with Crippen molar-refractivity contribution < 1.29 is 28.5 Å². The maximum absolute atomic E-state index is 12.8. The Morgan fingerprint density at radius 1 is 0.806 bits per heavy atom. The second kappa shape index (κ2) is 11.2. The molecule has 1 fully saturated rings. The van der Waals surface area contributed by atoms with E-state index in [9.17, 15) is 9.59 Å². The van der Waals surface area contributed by atoms with Crippen molar-refractivity contribution in [3.05, 3.63) is 54.1 Å². The zero-order valence-corrected chi connectivity index (χ0v) is 17.9. The third kappa shape index (κ3) is 6.36. The number of para-hydroxylation sites is 1. The summed E-state index contributed by atoms with van der Waals surface area (Å²) in [7, 11) is 3.09. The van der Waals surface area contributed by atoms with E-state index >= 15 is 0 Å². The molecule has 1 aliphatic rings. The molecule has 2 amide bonds. The second-order valence-electron chi connectivity index (χ2n) is 6.99. The van der Waals surface area contributed by atoms with Crippen molar-refractivity contribution in [2.45, 2.75) is 0 Å². The SMILES string of the molecule is COc1cc(OC)cc(C(=O)N2CCN(C(=O)COCCOc3ccccc3)CC2)c1. The van der Waals surface area contributed by atoms with Gasteiger partial charge in [-0.3, -0.25) is 9.59 Å². The van der Waals surface area contributed by atoms with Crippen LogP contribution in [0.3, 0.4) is 0 Å². The van der Waals surface area contributed by atoms with Crippen molar-refractivity contribution in [2.24, 2.45) is 0 Å². The lowest BCUT2D eigenvalue weighted by Crippen LogP contribution is -2.51. The van der Waals surface area contributed by atoms with Gasteiger partial charge in [0.1, 0.15) is 30.5 Å². The number of hydrogen-bond acceptors (Lipinski definition) is 6. The van der Waals surface area contributed by atoms with Crippen LogP contribution in [-0.2, 0) is 9.53 Å². The summed E-state index contributed by atoms with van der Waals surface area (Å²) >= 11 is 0. The minimum absolute atomic E-state index is 0.000814. The predicted molar refractivity (Wildman–Crippen MR) is 115 cm³/mol. The van der Waals surface area contributed by atoms with Crippen molar-refractivity contribution >= 4 is 11.8 Å². The third-order valence-electron chi connectivity index (χ3n) is 4.98. The molecule has 166 valence electrons. The first kappa shape index (κ1) is 22.4. The van der Waals surface area contributed by atoms with Gasteiger partial charge in [-0.05, 0) is 24.3 Å². The fourth-order valence-corrected chi connectivity index (χ4v) is 3.26. The van der Waals surface area contributed by atoms with Gasteiger partial charge in [-0.1, -0.05) is 18.2 Å². The van der Waals surface area contributed by atoms with Crippen LogP contribution in [0, 0.1) is 0 Å². The molecule has 31 heavy (non-hydrogen) atoms. The van der Waals surface area contributed by atoms with E-state index in [0.29, 0.717) is 56.5 Å². The number of methoxy groups -OCH3 is 2. The van der Waals surface area contributed by atoms with Crippen molar-refractivity contribution in [1.29, 1.82) is 0 Å². The first-order chi connectivity index (χ1) is 15.1. The number of hydrogen-bond donors (Lipinski definition) is 0. The lowest BCUT2D eigenvalue weighted by molar-refractivity contribution is -0.137. The smallest absolute Gasteiger partial charge is 0.254 e. The van der Waals surface area contributed by atoms with Gasteiger partial charge in [0.15, 0.2) is 0 Å². The molecule has 0 atom stereocenters. The van der Waals surface area contributed by atoms with Gasteiger partial charge in [-0.15, -0.1) is 0 Å². The summed E-state index contributed by atoms with van der Waals surface area (Å²) < 4.78 is 21.5. The molecule has 0 radical (unpaired) electrons. The van der Waals surface area contributed by atoms with Crippen LogP contribution >= 0.6 is 0 Å². The van der Waals surface area contributed by atoms with Crippen LogP contribution in [-0.4, -0.2) is 81.8 Å². The van der Waals surface area contributed by atoms with Gasteiger partial charge in [-0.2, -0.15) is 0 Å². The molecule has 0 bridgehead atoms. The van der Waals surface area contributed by atoms with E-state index in [0.717, 1.165) is 5.75 Å². The topological polar surface area (TPSA) is 77.5 Å². The Morgan fingerprint density at radius 3 is 2.03 bits per heavy atom. The lowest BCUT2D eigenvalue weighted by atomic mass is 10.1. The summed E-state index contributed by atoms with van der Waals surface area (Å²) in [5.41, 5.74) is 0.498. The molecule has 1 saturated heterocycles. The average molecular weight is 428 g/mol. The van der Waals surface area contributed by atoms with Gasteiger partial charge in [0.25, 0.3) is 5.91 Å². The van der Waals surface area contributed by atoms with Crippen LogP contribution < -0.4 is 14.2 Å². The minimum Gasteiger partial charge on any atom is -0.497 e. The molecule has 2 aromatic rings. The number of piperazine rings is 1. The molecule has 0 aromatic heterocycles. The van der Waals surface area contributed by atoms with E-state index in [1.165, 1.54) is 0 Å². The van der Waals surface area contributed by atoms with Crippen LogP contribution in [0.5, 0.6) is 17.2 Å². The summed E-state index contributed by atoms with van der Waals surface area (Å²) in [6.07, 6.45) is 0. The summed E-state index contributed by atoms with van der Waals surface area (Å²) in [6, 6.07) is 14.5. The zero-order valence-electron chi connectivity index (χ0n) is 17.9. The summed E-state index contributed by atoms with van der Waals surface area (Å²) in [5.74, 6) is 1.69. The molecule has 3 rings (SSSR count).